The number of amides is 1. The van der Waals surface area contributed by atoms with Crippen LogP contribution in [0, 0.1) is 10.1 Å². The molecule has 1 unspecified atom stereocenters. The fourth-order valence-corrected chi connectivity index (χ4v) is 3.61. The second-order valence-corrected chi connectivity index (χ2v) is 6.86. The first-order chi connectivity index (χ1) is 13.0. The summed E-state index contributed by atoms with van der Waals surface area (Å²) in [5, 5.41) is 24.0. The lowest BCUT2D eigenvalue weighted by atomic mass is 10.0. The van der Waals surface area contributed by atoms with Gasteiger partial charge in [0.15, 0.2) is 5.75 Å². The topological polar surface area (TPSA) is 95.7 Å². The molecule has 1 saturated heterocycles. The Morgan fingerprint density at radius 3 is 2.59 bits per heavy atom. The van der Waals surface area contributed by atoms with Gasteiger partial charge in [-0.05, 0) is 49.7 Å². The van der Waals surface area contributed by atoms with Crippen molar-refractivity contribution in [2.24, 2.45) is 0 Å². The van der Waals surface area contributed by atoms with Gasteiger partial charge in [-0.3, -0.25) is 19.8 Å². The smallest absolute Gasteiger partial charge is 0.310 e. The zero-order chi connectivity index (χ0) is 19.4. The van der Waals surface area contributed by atoms with Crippen molar-refractivity contribution in [3.63, 3.8) is 0 Å². The molecule has 2 aromatic carbocycles. The number of hydrogen-bond donors (Lipinski definition) is 2. The van der Waals surface area contributed by atoms with Gasteiger partial charge in [-0.25, -0.2) is 0 Å². The normalized spacial score (nSPS) is 15.4. The van der Waals surface area contributed by atoms with E-state index in [0.29, 0.717) is 11.6 Å². The molecule has 0 saturated carbocycles. The number of halogens is 1. The van der Waals surface area contributed by atoms with Crippen molar-refractivity contribution < 1.29 is 14.8 Å². The summed E-state index contributed by atoms with van der Waals surface area (Å²) in [6, 6.07) is 11.1. The Balaban J connectivity index is 1.75. The molecule has 0 aromatic heterocycles. The highest BCUT2D eigenvalue weighted by atomic mass is 35.5. The Bertz CT molecular complexity index is 853. The average molecular weight is 390 g/mol. The van der Waals surface area contributed by atoms with Gasteiger partial charge < -0.3 is 10.4 Å². The molecule has 1 fully saturated rings. The quantitative estimate of drug-likeness (QED) is 0.582. The minimum atomic E-state index is -0.697. The molecule has 0 aliphatic carbocycles. The van der Waals surface area contributed by atoms with E-state index in [1.165, 1.54) is 6.07 Å². The van der Waals surface area contributed by atoms with E-state index >= 15 is 0 Å². The van der Waals surface area contributed by atoms with Gasteiger partial charge in [0.25, 0.3) is 5.91 Å². The Hall–Kier alpha value is -2.64. The second-order valence-electron chi connectivity index (χ2n) is 6.45. The number of aromatic hydroxyl groups is 1. The lowest BCUT2D eigenvalue weighted by Crippen LogP contribution is -2.37. The van der Waals surface area contributed by atoms with Crippen molar-refractivity contribution in [3.05, 3.63) is 68.7 Å². The van der Waals surface area contributed by atoms with Crippen LogP contribution in [0.2, 0.25) is 5.02 Å². The summed E-state index contributed by atoms with van der Waals surface area (Å²) in [5.41, 5.74) is 0.683. The molecule has 27 heavy (non-hydrogen) atoms. The maximum Gasteiger partial charge on any atom is 0.310 e. The van der Waals surface area contributed by atoms with Crippen molar-refractivity contribution in [1.82, 2.24) is 10.2 Å². The molecule has 1 aliphatic rings. The van der Waals surface area contributed by atoms with E-state index in [1.54, 1.807) is 0 Å². The Labute approximate surface area is 161 Å². The van der Waals surface area contributed by atoms with Crippen molar-refractivity contribution in [2.75, 3.05) is 19.6 Å². The third-order valence-electron chi connectivity index (χ3n) is 4.74. The number of likely N-dealkylation sites (tertiary alicyclic amines) is 1. The minimum absolute atomic E-state index is 0.0585. The fourth-order valence-electron chi connectivity index (χ4n) is 3.34. The Morgan fingerprint density at radius 2 is 1.96 bits per heavy atom. The van der Waals surface area contributed by atoms with Crippen LogP contribution in [-0.4, -0.2) is 40.5 Å². The van der Waals surface area contributed by atoms with Crippen LogP contribution in [0.4, 0.5) is 5.69 Å². The van der Waals surface area contributed by atoms with Gasteiger partial charge in [0, 0.05) is 23.2 Å². The van der Waals surface area contributed by atoms with Gasteiger partial charge in [-0.1, -0.05) is 29.8 Å². The number of phenolic OH excluding ortho intramolecular Hbond substituents is 1. The summed E-state index contributed by atoms with van der Waals surface area (Å²) in [6.45, 7) is 2.22. The molecule has 1 atom stereocenters. The summed E-state index contributed by atoms with van der Waals surface area (Å²) < 4.78 is 0. The maximum atomic E-state index is 12.5. The van der Waals surface area contributed by atoms with Crippen molar-refractivity contribution >= 4 is 23.2 Å². The number of nitrogens with one attached hydrogen (secondary N) is 1. The fraction of sp³-hybridized carbons (Fsp3) is 0.316. The van der Waals surface area contributed by atoms with E-state index in [9.17, 15) is 20.0 Å². The van der Waals surface area contributed by atoms with Gasteiger partial charge in [-0.2, -0.15) is 0 Å². The van der Waals surface area contributed by atoms with Gasteiger partial charge in [0.2, 0.25) is 0 Å². The molecular weight excluding hydrogens is 370 g/mol. The molecule has 142 valence electrons. The van der Waals surface area contributed by atoms with Crippen LogP contribution in [0.3, 0.4) is 0 Å². The lowest BCUT2D eigenvalue weighted by Gasteiger charge is -2.29. The first-order valence-corrected chi connectivity index (χ1v) is 9.09. The van der Waals surface area contributed by atoms with Crippen LogP contribution in [-0.2, 0) is 0 Å². The summed E-state index contributed by atoms with van der Waals surface area (Å²) >= 11 is 6.36. The van der Waals surface area contributed by atoms with E-state index in [-0.39, 0.29) is 11.6 Å². The minimum Gasteiger partial charge on any atom is -0.502 e. The second kappa shape index (κ2) is 8.37. The first-order valence-electron chi connectivity index (χ1n) is 8.71. The van der Waals surface area contributed by atoms with E-state index in [0.717, 1.165) is 43.6 Å². The van der Waals surface area contributed by atoms with Gasteiger partial charge in [0.1, 0.15) is 0 Å². The number of rotatable bonds is 6. The van der Waals surface area contributed by atoms with Crippen molar-refractivity contribution in [3.8, 4) is 5.75 Å². The average Bonchev–Trinajstić information content (AvgIpc) is 3.17. The number of nitro benzene ring substituents is 1. The molecule has 1 amide bonds. The maximum absolute atomic E-state index is 12.5. The molecule has 2 N–H and O–H groups in total. The van der Waals surface area contributed by atoms with E-state index < -0.39 is 22.3 Å². The molecule has 1 heterocycles. The summed E-state index contributed by atoms with van der Waals surface area (Å²) in [5.74, 6) is -0.939. The molecule has 8 heteroatoms. The van der Waals surface area contributed by atoms with E-state index in [4.69, 9.17) is 11.6 Å². The molecule has 7 nitrogen and oxygen atoms in total. The zero-order valence-electron chi connectivity index (χ0n) is 14.6. The number of phenols is 1. The lowest BCUT2D eigenvalue weighted by molar-refractivity contribution is -0.385. The number of nitrogens with zero attached hydrogens (tertiary/aromatic N) is 2. The van der Waals surface area contributed by atoms with Crippen LogP contribution >= 0.6 is 11.6 Å². The number of nitro groups is 1. The van der Waals surface area contributed by atoms with Crippen LogP contribution in [0.15, 0.2) is 42.5 Å². The third kappa shape index (κ3) is 4.37. The molecular formula is C19H20ClN3O4. The molecule has 1 aliphatic heterocycles. The van der Waals surface area contributed by atoms with Gasteiger partial charge in [-0.15, -0.1) is 0 Å². The number of carbonyl (C=O) groups excluding carboxylic acids is 1. The Morgan fingerprint density at radius 1 is 1.26 bits per heavy atom. The SMILES string of the molecule is O=C(NCC(c1ccccc1Cl)N1CCCC1)c1ccc([N+](=O)[O-])c(O)c1. The van der Waals surface area contributed by atoms with E-state index in [1.807, 2.05) is 24.3 Å². The van der Waals surface area contributed by atoms with Crippen LogP contribution < -0.4 is 5.32 Å². The van der Waals surface area contributed by atoms with E-state index in [2.05, 4.69) is 10.2 Å². The number of benzene rings is 2. The van der Waals surface area contributed by atoms with Crippen LogP contribution in [0.25, 0.3) is 0 Å². The summed E-state index contributed by atoms with van der Waals surface area (Å²) in [7, 11) is 0. The highest BCUT2D eigenvalue weighted by Crippen LogP contribution is 2.30. The Kier molecular flexibility index (Phi) is 5.93. The molecule has 0 radical (unpaired) electrons. The zero-order valence-corrected chi connectivity index (χ0v) is 15.4. The third-order valence-corrected chi connectivity index (χ3v) is 5.08. The molecule has 0 spiro atoms. The molecule has 2 aromatic rings. The van der Waals surface area contributed by atoms with Crippen molar-refractivity contribution in [2.45, 2.75) is 18.9 Å². The molecule has 0 bridgehead atoms. The monoisotopic (exact) mass is 389 g/mol. The van der Waals surface area contributed by atoms with Gasteiger partial charge in [0.05, 0.1) is 11.0 Å². The summed E-state index contributed by atoms with van der Waals surface area (Å²) in [6.07, 6.45) is 2.20. The van der Waals surface area contributed by atoms with Crippen molar-refractivity contribution in [1.29, 1.82) is 0 Å². The predicted octanol–water partition coefficient (Wildman–Crippen LogP) is 3.52. The number of hydrogen-bond acceptors (Lipinski definition) is 5. The largest absolute Gasteiger partial charge is 0.502 e. The standard InChI is InChI=1S/C19H20ClN3O4/c20-15-6-2-1-5-14(15)17(22-9-3-4-10-22)12-21-19(25)13-7-8-16(23(26)27)18(24)11-13/h1-2,5-8,11,17,24H,3-4,9-10,12H2,(H,21,25). The van der Waals surface area contributed by atoms with Crippen LogP contribution in [0.5, 0.6) is 5.75 Å². The van der Waals surface area contributed by atoms with Crippen LogP contribution in [0.1, 0.15) is 34.8 Å². The number of carbonyl (C=O) groups is 1. The molecule has 3 rings (SSSR count). The van der Waals surface area contributed by atoms with Gasteiger partial charge >= 0.3 is 5.69 Å². The first kappa shape index (κ1) is 19.1. The summed E-state index contributed by atoms with van der Waals surface area (Å²) in [4.78, 5) is 24.8. The predicted molar refractivity (Wildman–Crippen MR) is 102 cm³/mol. The highest BCUT2D eigenvalue weighted by molar-refractivity contribution is 6.31. The highest BCUT2D eigenvalue weighted by Gasteiger charge is 2.26.